The van der Waals surface area contributed by atoms with Crippen LogP contribution in [-0.2, 0) is 6.42 Å². The molecule has 0 atom stereocenters. The minimum Gasteiger partial charge on any atom is -0.241 e. The number of aromatic nitrogens is 2. The molecule has 3 heteroatoms. The van der Waals surface area contributed by atoms with E-state index in [0.29, 0.717) is 11.5 Å². The summed E-state index contributed by atoms with van der Waals surface area (Å²) >= 11 is 0. The summed E-state index contributed by atoms with van der Waals surface area (Å²) in [7, 11) is 0. The zero-order valence-corrected chi connectivity index (χ0v) is 17.8. The fraction of sp³-hybridized carbons (Fsp3) is 0.833. The second-order valence-electron chi connectivity index (χ2n) is 8.63. The van der Waals surface area contributed by atoms with Gasteiger partial charge in [0.25, 0.3) is 0 Å². The zero-order chi connectivity index (χ0) is 19.3. The molecule has 1 heterocycles. The Balaban J connectivity index is 1.70. The van der Waals surface area contributed by atoms with Gasteiger partial charge in [-0.25, -0.2) is 9.97 Å². The summed E-state index contributed by atoms with van der Waals surface area (Å²) in [6.07, 6.45) is 21.6. The average molecular weight is 377 g/mol. The van der Waals surface area contributed by atoms with Gasteiger partial charge in [-0.2, -0.15) is 4.39 Å². The van der Waals surface area contributed by atoms with Crippen molar-refractivity contribution in [2.75, 3.05) is 0 Å². The standard InChI is InChI=1S/C24H41FN2/c1-3-5-7-9-11-13-20-15-17-21(18-16-20)24-26-19-22(23(25)27-24)14-12-10-8-6-4-2/h19-21H,3-18H2,1-2H3/t20-,21-. The number of unbranched alkanes of at least 4 members (excludes halogenated alkanes) is 8. The van der Waals surface area contributed by atoms with E-state index in [1.54, 1.807) is 6.20 Å². The van der Waals surface area contributed by atoms with Crippen molar-refractivity contribution in [3.8, 4) is 0 Å². The Morgan fingerprint density at radius 2 is 1.48 bits per heavy atom. The van der Waals surface area contributed by atoms with Gasteiger partial charge in [0.15, 0.2) is 0 Å². The Labute approximate surface area is 166 Å². The third-order valence-electron chi connectivity index (χ3n) is 6.31. The van der Waals surface area contributed by atoms with Crippen LogP contribution in [0.5, 0.6) is 0 Å². The van der Waals surface area contributed by atoms with Crippen LogP contribution in [0.25, 0.3) is 0 Å². The first-order chi connectivity index (χ1) is 13.2. The first-order valence-electron chi connectivity index (χ1n) is 11.8. The van der Waals surface area contributed by atoms with Gasteiger partial charge in [0.05, 0.1) is 0 Å². The van der Waals surface area contributed by atoms with Crippen molar-refractivity contribution in [2.45, 2.75) is 122 Å². The SMILES string of the molecule is CCCCCCCc1cnc([C@H]2CC[C@H](CCCCCCC)CC2)nc1F. The van der Waals surface area contributed by atoms with Crippen molar-refractivity contribution in [1.82, 2.24) is 9.97 Å². The lowest BCUT2D eigenvalue weighted by molar-refractivity contribution is 0.294. The van der Waals surface area contributed by atoms with Crippen molar-refractivity contribution in [3.63, 3.8) is 0 Å². The third-order valence-corrected chi connectivity index (χ3v) is 6.31. The van der Waals surface area contributed by atoms with Gasteiger partial charge in [-0.05, 0) is 44.4 Å². The minimum atomic E-state index is -0.270. The molecule has 0 aliphatic heterocycles. The second-order valence-corrected chi connectivity index (χ2v) is 8.63. The summed E-state index contributed by atoms with van der Waals surface area (Å²) in [6.45, 7) is 4.49. The monoisotopic (exact) mass is 376 g/mol. The smallest absolute Gasteiger partial charge is 0.219 e. The molecule has 2 nitrogen and oxygen atoms in total. The average Bonchev–Trinajstić information content (AvgIpc) is 2.69. The molecule has 1 aromatic heterocycles. The van der Waals surface area contributed by atoms with Gasteiger partial charge in [0.1, 0.15) is 5.82 Å². The Morgan fingerprint density at radius 3 is 2.11 bits per heavy atom. The molecule has 2 rings (SSSR count). The van der Waals surface area contributed by atoms with E-state index in [9.17, 15) is 4.39 Å². The maximum atomic E-state index is 14.4. The molecule has 0 amide bonds. The fourth-order valence-electron chi connectivity index (χ4n) is 4.43. The Bertz CT molecular complexity index is 509. The van der Waals surface area contributed by atoms with Gasteiger partial charge in [-0.15, -0.1) is 0 Å². The number of hydrogen-bond acceptors (Lipinski definition) is 2. The topological polar surface area (TPSA) is 25.8 Å². The van der Waals surface area contributed by atoms with Crippen LogP contribution in [-0.4, -0.2) is 9.97 Å². The highest BCUT2D eigenvalue weighted by atomic mass is 19.1. The molecule has 0 radical (unpaired) electrons. The maximum absolute atomic E-state index is 14.4. The van der Waals surface area contributed by atoms with Gasteiger partial charge in [0.2, 0.25) is 5.95 Å². The fourth-order valence-corrected chi connectivity index (χ4v) is 4.43. The van der Waals surface area contributed by atoms with Gasteiger partial charge in [-0.1, -0.05) is 78.1 Å². The summed E-state index contributed by atoms with van der Waals surface area (Å²) < 4.78 is 14.4. The Morgan fingerprint density at radius 1 is 0.852 bits per heavy atom. The van der Waals surface area contributed by atoms with E-state index >= 15 is 0 Å². The number of halogens is 1. The van der Waals surface area contributed by atoms with Crippen LogP contribution < -0.4 is 0 Å². The Kier molecular flexibility index (Phi) is 10.9. The van der Waals surface area contributed by atoms with Crippen LogP contribution in [0.3, 0.4) is 0 Å². The summed E-state index contributed by atoms with van der Waals surface area (Å²) in [5.74, 6) is 1.72. The molecule has 0 aromatic carbocycles. The van der Waals surface area contributed by atoms with E-state index in [0.717, 1.165) is 37.4 Å². The normalized spacial score (nSPS) is 20.1. The first kappa shape index (κ1) is 22.3. The highest BCUT2D eigenvalue weighted by Gasteiger charge is 2.24. The number of hydrogen-bond donors (Lipinski definition) is 0. The molecule has 1 aliphatic rings. The predicted octanol–water partition coefficient (Wildman–Crippen LogP) is 7.76. The zero-order valence-electron chi connectivity index (χ0n) is 17.8. The molecule has 0 saturated heterocycles. The maximum Gasteiger partial charge on any atom is 0.219 e. The van der Waals surface area contributed by atoms with Crippen molar-refractivity contribution in [3.05, 3.63) is 23.5 Å². The van der Waals surface area contributed by atoms with E-state index in [4.69, 9.17) is 0 Å². The van der Waals surface area contributed by atoms with Crippen LogP contribution in [0, 0.1) is 11.9 Å². The van der Waals surface area contributed by atoms with E-state index in [-0.39, 0.29) is 5.95 Å². The number of rotatable bonds is 13. The summed E-state index contributed by atoms with van der Waals surface area (Å²) in [5.41, 5.74) is 0.705. The molecular weight excluding hydrogens is 335 g/mol. The van der Waals surface area contributed by atoms with Crippen LogP contribution in [0.15, 0.2) is 6.20 Å². The van der Waals surface area contributed by atoms with Gasteiger partial charge < -0.3 is 0 Å². The number of nitrogens with zero attached hydrogens (tertiary/aromatic N) is 2. The predicted molar refractivity (Wildman–Crippen MR) is 113 cm³/mol. The minimum absolute atomic E-state index is 0.270. The number of aryl methyl sites for hydroxylation is 1. The van der Waals surface area contributed by atoms with E-state index in [1.165, 1.54) is 77.0 Å². The largest absolute Gasteiger partial charge is 0.241 e. The third kappa shape index (κ3) is 8.27. The van der Waals surface area contributed by atoms with Crippen molar-refractivity contribution >= 4 is 0 Å². The lowest BCUT2D eigenvalue weighted by Gasteiger charge is -2.27. The van der Waals surface area contributed by atoms with Crippen molar-refractivity contribution < 1.29 is 4.39 Å². The quantitative estimate of drug-likeness (QED) is 0.259. The van der Waals surface area contributed by atoms with Crippen LogP contribution in [0.2, 0.25) is 0 Å². The van der Waals surface area contributed by atoms with Gasteiger partial charge in [-0.3, -0.25) is 0 Å². The van der Waals surface area contributed by atoms with E-state index < -0.39 is 0 Å². The molecule has 0 N–H and O–H groups in total. The van der Waals surface area contributed by atoms with Crippen molar-refractivity contribution in [2.24, 2.45) is 5.92 Å². The molecule has 1 aromatic rings. The molecule has 154 valence electrons. The van der Waals surface area contributed by atoms with Crippen LogP contribution in [0.4, 0.5) is 4.39 Å². The van der Waals surface area contributed by atoms with Crippen LogP contribution >= 0.6 is 0 Å². The van der Waals surface area contributed by atoms with E-state index in [1.807, 2.05) is 0 Å². The highest BCUT2D eigenvalue weighted by Crippen LogP contribution is 2.36. The second kappa shape index (κ2) is 13.2. The highest BCUT2D eigenvalue weighted by molar-refractivity contribution is 5.10. The van der Waals surface area contributed by atoms with E-state index in [2.05, 4.69) is 23.8 Å². The van der Waals surface area contributed by atoms with Gasteiger partial charge in [0, 0.05) is 17.7 Å². The molecular formula is C24H41FN2. The summed E-state index contributed by atoms with van der Waals surface area (Å²) in [4.78, 5) is 8.80. The molecule has 1 aliphatic carbocycles. The molecule has 0 unspecified atom stereocenters. The Hall–Kier alpha value is -0.990. The summed E-state index contributed by atoms with van der Waals surface area (Å²) in [6, 6.07) is 0. The lowest BCUT2D eigenvalue weighted by atomic mass is 9.79. The van der Waals surface area contributed by atoms with Gasteiger partial charge >= 0.3 is 0 Å². The van der Waals surface area contributed by atoms with Crippen LogP contribution in [0.1, 0.15) is 127 Å². The lowest BCUT2D eigenvalue weighted by Crippen LogP contribution is -2.16. The first-order valence-corrected chi connectivity index (χ1v) is 11.8. The molecule has 1 fully saturated rings. The molecule has 1 saturated carbocycles. The summed E-state index contributed by atoms with van der Waals surface area (Å²) in [5, 5.41) is 0. The molecule has 0 spiro atoms. The molecule has 0 bridgehead atoms. The molecule has 27 heavy (non-hydrogen) atoms. The van der Waals surface area contributed by atoms with Crippen molar-refractivity contribution in [1.29, 1.82) is 0 Å².